The van der Waals surface area contributed by atoms with E-state index in [1.54, 1.807) is 12.1 Å². The van der Waals surface area contributed by atoms with E-state index < -0.39 is 0 Å². The van der Waals surface area contributed by atoms with Crippen molar-refractivity contribution >= 4 is 5.84 Å². The van der Waals surface area contributed by atoms with Gasteiger partial charge in [-0.25, -0.2) is 10.2 Å². The Kier molecular flexibility index (Phi) is 2.97. The SMILES string of the molecule is NNC(Cc1ccc(F)cc1)=NC1CC1. The number of halogens is 1. The van der Waals surface area contributed by atoms with Crippen molar-refractivity contribution < 1.29 is 4.39 Å². The first-order chi connectivity index (χ1) is 7.28. The Hall–Kier alpha value is -1.42. The van der Waals surface area contributed by atoms with Crippen molar-refractivity contribution in [1.82, 2.24) is 5.43 Å². The molecule has 4 heteroatoms. The van der Waals surface area contributed by atoms with Crippen LogP contribution in [0.25, 0.3) is 0 Å². The Morgan fingerprint density at radius 1 is 1.40 bits per heavy atom. The van der Waals surface area contributed by atoms with Crippen molar-refractivity contribution in [3.63, 3.8) is 0 Å². The van der Waals surface area contributed by atoms with Crippen LogP contribution in [-0.2, 0) is 6.42 Å². The number of hydrogen-bond donors (Lipinski definition) is 2. The van der Waals surface area contributed by atoms with Crippen LogP contribution in [0.15, 0.2) is 29.3 Å². The van der Waals surface area contributed by atoms with Gasteiger partial charge in [0, 0.05) is 6.42 Å². The average Bonchev–Trinajstić information content (AvgIpc) is 3.04. The summed E-state index contributed by atoms with van der Waals surface area (Å²) in [4.78, 5) is 4.41. The molecule has 1 aliphatic carbocycles. The van der Waals surface area contributed by atoms with Crippen LogP contribution in [0.2, 0.25) is 0 Å². The highest BCUT2D eigenvalue weighted by atomic mass is 19.1. The van der Waals surface area contributed by atoms with Crippen LogP contribution in [0.5, 0.6) is 0 Å². The fourth-order valence-corrected chi connectivity index (χ4v) is 1.35. The molecule has 0 atom stereocenters. The zero-order valence-electron chi connectivity index (χ0n) is 8.41. The number of amidine groups is 1. The third kappa shape index (κ3) is 3.02. The Balaban J connectivity index is 2.02. The lowest BCUT2D eigenvalue weighted by atomic mass is 10.1. The van der Waals surface area contributed by atoms with Gasteiger partial charge in [-0.1, -0.05) is 12.1 Å². The Bertz CT molecular complexity index is 355. The third-order valence-electron chi connectivity index (χ3n) is 2.34. The molecule has 0 heterocycles. The fraction of sp³-hybridized carbons (Fsp3) is 0.364. The molecule has 0 amide bonds. The second-order valence-corrected chi connectivity index (χ2v) is 3.75. The monoisotopic (exact) mass is 207 g/mol. The van der Waals surface area contributed by atoms with Gasteiger partial charge in [0.15, 0.2) is 0 Å². The quantitative estimate of drug-likeness (QED) is 0.340. The van der Waals surface area contributed by atoms with E-state index in [9.17, 15) is 4.39 Å². The topological polar surface area (TPSA) is 50.4 Å². The Morgan fingerprint density at radius 3 is 2.60 bits per heavy atom. The Labute approximate surface area is 88.2 Å². The van der Waals surface area contributed by atoms with E-state index in [4.69, 9.17) is 5.84 Å². The zero-order valence-corrected chi connectivity index (χ0v) is 8.41. The van der Waals surface area contributed by atoms with Crippen LogP contribution in [0, 0.1) is 5.82 Å². The predicted molar refractivity (Wildman–Crippen MR) is 57.9 cm³/mol. The molecule has 0 spiro atoms. The zero-order chi connectivity index (χ0) is 10.7. The molecule has 80 valence electrons. The highest BCUT2D eigenvalue weighted by molar-refractivity contribution is 5.84. The number of hydrazine groups is 1. The van der Waals surface area contributed by atoms with Crippen molar-refractivity contribution in [2.24, 2.45) is 10.8 Å². The lowest BCUT2D eigenvalue weighted by molar-refractivity contribution is 0.627. The van der Waals surface area contributed by atoms with E-state index in [1.165, 1.54) is 12.1 Å². The maximum atomic E-state index is 12.7. The summed E-state index contributed by atoms with van der Waals surface area (Å²) < 4.78 is 12.7. The second-order valence-electron chi connectivity index (χ2n) is 3.75. The number of rotatable bonds is 3. The van der Waals surface area contributed by atoms with Crippen molar-refractivity contribution in [2.45, 2.75) is 25.3 Å². The van der Waals surface area contributed by atoms with Gasteiger partial charge in [-0.3, -0.25) is 4.99 Å². The van der Waals surface area contributed by atoms with E-state index >= 15 is 0 Å². The highest BCUT2D eigenvalue weighted by Gasteiger charge is 2.20. The van der Waals surface area contributed by atoms with Crippen LogP contribution in [-0.4, -0.2) is 11.9 Å². The van der Waals surface area contributed by atoms with Crippen LogP contribution < -0.4 is 11.3 Å². The molecule has 1 fully saturated rings. The fourth-order valence-electron chi connectivity index (χ4n) is 1.35. The smallest absolute Gasteiger partial charge is 0.123 e. The Morgan fingerprint density at radius 2 is 2.07 bits per heavy atom. The molecule has 3 N–H and O–H groups in total. The van der Waals surface area contributed by atoms with Gasteiger partial charge < -0.3 is 5.43 Å². The van der Waals surface area contributed by atoms with E-state index in [0.717, 1.165) is 24.2 Å². The highest BCUT2D eigenvalue weighted by Crippen LogP contribution is 2.23. The summed E-state index contributed by atoms with van der Waals surface area (Å²) in [5, 5.41) is 0. The number of nitrogens with zero attached hydrogens (tertiary/aromatic N) is 1. The normalized spacial score (nSPS) is 16.5. The van der Waals surface area contributed by atoms with Gasteiger partial charge in [0.05, 0.1) is 6.04 Å². The number of aliphatic imine (C=N–C) groups is 1. The maximum absolute atomic E-state index is 12.7. The molecule has 1 aliphatic rings. The molecule has 1 aromatic rings. The molecule has 1 aromatic carbocycles. The molecule has 0 unspecified atom stereocenters. The molecule has 0 saturated heterocycles. The van der Waals surface area contributed by atoms with Gasteiger partial charge in [0.2, 0.25) is 0 Å². The molecular formula is C11H14FN3. The molecule has 3 nitrogen and oxygen atoms in total. The molecule has 0 radical (unpaired) electrons. The van der Waals surface area contributed by atoms with Crippen molar-refractivity contribution in [3.05, 3.63) is 35.6 Å². The summed E-state index contributed by atoms with van der Waals surface area (Å²) in [6, 6.07) is 6.82. The minimum atomic E-state index is -0.222. The molecule has 2 rings (SSSR count). The molecule has 0 aromatic heterocycles. The van der Waals surface area contributed by atoms with Gasteiger partial charge in [-0.2, -0.15) is 0 Å². The summed E-state index contributed by atoms with van der Waals surface area (Å²) in [6.45, 7) is 0. The molecule has 0 aliphatic heterocycles. The lowest BCUT2D eigenvalue weighted by Gasteiger charge is -2.05. The second kappa shape index (κ2) is 4.40. The lowest BCUT2D eigenvalue weighted by Crippen LogP contribution is -2.32. The van der Waals surface area contributed by atoms with Crippen LogP contribution in [0.3, 0.4) is 0 Å². The molecule has 1 saturated carbocycles. The first-order valence-corrected chi connectivity index (χ1v) is 5.05. The maximum Gasteiger partial charge on any atom is 0.123 e. The van der Waals surface area contributed by atoms with Crippen LogP contribution >= 0.6 is 0 Å². The molecule has 15 heavy (non-hydrogen) atoms. The van der Waals surface area contributed by atoms with Gasteiger partial charge >= 0.3 is 0 Å². The predicted octanol–water partition coefficient (Wildman–Crippen LogP) is 1.39. The minimum absolute atomic E-state index is 0.222. The van der Waals surface area contributed by atoms with E-state index in [1.807, 2.05) is 0 Å². The summed E-state index contributed by atoms with van der Waals surface area (Å²) in [6.07, 6.45) is 2.93. The van der Waals surface area contributed by atoms with Crippen LogP contribution in [0.1, 0.15) is 18.4 Å². The first kappa shape index (κ1) is 10.1. The van der Waals surface area contributed by atoms with Crippen molar-refractivity contribution in [2.75, 3.05) is 0 Å². The third-order valence-corrected chi connectivity index (χ3v) is 2.34. The number of nitrogens with two attached hydrogens (primary N) is 1. The average molecular weight is 207 g/mol. The number of benzene rings is 1. The minimum Gasteiger partial charge on any atom is -0.312 e. The molecular weight excluding hydrogens is 193 g/mol. The van der Waals surface area contributed by atoms with Gasteiger partial charge in [0.1, 0.15) is 11.7 Å². The summed E-state index contributed by atoms with van der Waals surface area (Å²) in [7, 11) is 0. The van der Waals surface area contributed by atoms with Gasteiger partial charge in [0.25, 0.3) is 0 Å². The van der Waals surface area contributed by atoms with Crippen molar-refractivity contribution in [3.8, 4) is 0 Å². The molecule has 0 bridgehead atoms. The van der Waals surface area contributed by atoms with Gasteiger partial charge in [-0.05, 0) is 30.5 Å². The summed E-state index contributed by atoms with van der Waals surface area (Å²) >= 11 is 0. The number of nitrogens with one attached hydrogen (secondary N) is 1. The van der Waals surface area contributed by atoms with Crippen LogP contribution in [0.4, 0.5) is 4.39 Å². The summed E-state index contributed by atoms with van der Waals surface area (Å²) in [5.41, 5.74) is 3.60. The van der Waals surface area contributed by atoms with E-state index in [0.29, 0.717) is 12.5 Å². The van der Waals surface area contributed by atoms with Crippen molar-refractivity contribution in [1.29, 1.82) is 0 Å². The largest absolute Gasteiger partial charge is 0.312 e. The van der Waals surface area contributed by atoms with E-state index in [-0.39, 0.29) is 5.82 Å². The number of hydrogen-bond acceptors (Lipinski definition) is 2. The first-order valence-electron chi connectivity index (χ1n) is 5.05. The van der Waals surface area contributed by atoms with Gasteiger partial charge in [-0.15, -0.1) is 0 Å². The van der Waals surface area contributed by atoms with E-state index in [2.05, 4.69) is 10.4 Å². The standard InChI is InChI=1S/C11H14FN3/c12-9-3-1-8(2-4-9)7-11(15-13)14-10-5-6-10/h1-4,10H,5-7,13H2,(H,14,15). The summed E-state index contributed by atoms with van der Waals surface area (Å²) in [5.74, 6) is 5.92.